The van der Waals surface area contributed by atoms with Crippen molar-refractivity contribution in [1.82, 2.24) is 0 Å². The molecule has 0 aromatic heterocycles. The predicted molar refractivity (Wildman–Crippen MR) is 37.4 cm³/mol. The highest BCUT2D eigenvalue weighted by Gasteiger charge is 1.98. The van der Waals surface area contributed by atoms with Gasteiger partial charge in [0.15, 0.2) is 0 Å². The van der Waals surface area contributed by atoms with Crippen LogP contribution in [0.25, 0.3) is 0 Å². The van der Waals surface area contributed by atoms with Crippen LogP contribution in [0.3, 0.4) is 0 Å². The van der Waals surface area contributed by atoms with Crippen molar-refractivity contribution in [3.63, 3.8) is 0 Å². The Balaban J connectivity index is 3.05. The summed E-state index contributed by atoms with van der Waals surface area (Å²) in [5.41, 5.74) is 0. The van der Waals surface area contributed by atoms with E-state index in [-0.39, 0.29) is 5.97 Å². The lowest BCUT2D eigenvalue weighted by Gasteiger charge is -2.00. The molecule has 0 bridgehead atoms. The molecule has 0 spiro atoms. The van der Waals surface area contributed by atoms with Gasteiger partial charge in [-0.2, -0.15) is 0 Å². The van der Waals surface area contributed by atoms with Crippen LogP contribution in [-0.2, 0) is 14.3 Å². The summed E-state index contributed by atoms with van der Waals surface area (Å²) < 4.78 is 9.38. The average molecular weight is 145 g/mol. The van der Waals surface area contributed by atoms with Crippen LogP contribution in [0.15, 0.2) is 0 Å². The van der Waals surface area contributed by atoms with Crippen LogP contribution in [0.4, 0.5) is 0 Å². The maximum atomic E-state index is 10.6. The summed E-state index contributed by atoms with van der Waals surface area (Å²) in [5, 5.41) is 0. The third kappa shape index (κ3) is 5.56. The summed E-state index contributed by atoms with van der Waals surface area (Å²) in [7, 11) is 1.57. The van der Waals surface area contributed by atoms with E-state index in [1.807, 2.05) is 6.92 Å². The Kier molecular flexibility index (Phi) is 6.18. The Labute approximate surface area is 61.3 Å². The minimum atomic E-state index is -0.264. The fraction of sp³-hybridized carbons (Fsp3) is 0.714. The molecule has 0 fully saturated rings. The monoisotopic (exact) mass is 145 g/mol. The summed E-state index contributed by atoms with van der Waals surface area (Å²) in [4.78, 5) is 10.6. The molecule has 0 aliphatic heterocycles. The van der Waals surface area contributed by atoms with Crippen LogP contribution in [0.1, 0.15) is 13.3 Å². The van der Waals surface area contributed by atoms with Gasteiger partial charge in [0, 0.05) is 7.11 Å². The molecule has 3 heteroatoms. The van der Waals surface area contributed by atoms with Gasteiger partial charge in [-0.3, -0.25) is 4.79 Å². The summed E-state index contributed by atoms with van der Waals surface area (Å²) in [6.45, 7) is 2.69. The van der Waals surface area contributed by atoms with Gasteiger partial charge in [0.2, 0.25) is 0 Å². The summed E-state index contributed by atoms with van der Waals surface area (Å²) in [6, 6.07) is 0. The number of carbonyl (C=O) groups is 1. The van der Waals surface area contributed by atoms with Crippen molar-refractivity contribution in [2.45, 2.75) is 13.3 Å². The molecule has 0 unspecified atom stereocenters. The maximum Gasteiger partial charge on any atom is 0.309 e. The first-order valence-corrected chi connectivity index (χ1v) is 3.30. The topological polar surface area (TPSA) is 35.5 Å². The van der Waals surface area contributed by atoms with Gasteiger partial charge in [0.25, 0.3) is 0 Å². The number of hydrogen-bond acceptors (Lipinski definition) is 3. The van der Waals surface area contributed by atoms with Crippen LogP contribution in [0, 0.1) is 6.42 Å². The van der Waals surface area contributed by atoms with E-state index in [1.165, 1.54) is 6.42 Å². The highest BCUT2D eigenvalue weighted by Crippen LogP contribution is 1.88. The van der Waals surface area contributed by atoms with Crippen molar-refractivity contribution in [3.05, 3.63) is 6.42 Å². The van der Waals surface area contributed by atoms with E-state index in [4.69, 9.17) is 4.74 Å². The molecular formula is C7H13O3. The van der Waals surface area contributed by atoms with Gasteiger partial charge >= 0.3 is 5.97 Å². The van der Waals surface area contributed by atoms with Crippen LogP contribution in [0.2, 0.25) is 0 Å². The van der Waals surface area contributed by atoms with Crippen LogP contribution in [0.5, 0.6) is 0 Å². The highest BCUT2D eigenvalue weighted by atomic mass is 16.6. The van der Waals surface area contributed by atoms with E-state index >= 15 is 0 Å². The molecule has 1 radical (unpaired) electrons. The van der Waals surface area contributed by atoms with Gasteiger partial charge in [-0.15, -0.1) is 0 Å². The zero-order valence-corrected chi connectivity index (χ0v) is 6.42. The molecule has 0 atom stereocenters. The van der Waals surface area contributed by atoms with Crippen molar-refractivity contribution in [1.29, 1.82) is 0 Å². The fourth-order valence-corrected chi connectivity index (χ4v) is 0.451. The highest BCUT2D eigenvalue weighted by molar-refractivity contribution is 5.78. The first kappa shape index (κ1) is 9.43. The summed E-state index contributed by atoms with van der Waals surface area (Å²) in [5.74, 6) is -0.264. The van der Waals surface area contributed by atoms with E-state index in [2.05, 4.69) is 4.74 Å². The molecule has 0 N–H and O–H groups in total. The van der Waals surface area contributed by atoms with Crippen molar-refractivity contribution in [3.8, 4) is 0 Å². The molecule has 0 rings (SSSR count). The zero-order valence-electron chi connectivity index (χ0n) is 6.42. The van der Waals surface area contributed by atoms with E-state index in [1.54, 1.807) is 7.11 Å². The lowest BCUT2D eigenvalue weighted by Crippen LogP contribution is -2.09. The quantitative estimate of drug-likeness (QED) is 0.424. The van der Waals surface area contributed by atoms with Crippen LogP contribution < -0.4 is 0 Å². The average Bonchev–Trinajstić information content (AvgIpc) is 1.89. The lowest BCUT2D eigenvalue weighted by molar-refractivity contribution is -0.140. The Bertz CT molecular complexity index is 90.9. The second kappa shape index (κ2) is 6.55. The molecule has 59 valence electrons. The van der Waals surface area contributed by atoms with Crippen LogP contribution in [-0.4, -0.2) is 26.3 Å². The molecule has 0 aliphatic carbocycles. The molecule has 0 amide bonds. The second-order valence-electron chi connectivity index (χ2n) is 1.77. The van der Waals surface area contributed by atoms with E-state index < -0.39 is 0 Å². The summed E-state index contributed by atoms with van der Waals surface area (Å²) >= 11 is 0. The van der Waals surface area contributed by atoms with E-state index in [9.17, 15) is 4.79 Å². The van der Waals surface area contributed by atoms with Gasteiger partial charge < -0.3 is 9.47 Å². The standard InChI is InChI=1S/C7H13O3/c1-3-4-7(8)10-6-5-9-2/h4H,3,5-6H2,1-2H3. The van der Waals surface area contributed by atoms with E-state index in [0.717, 1.165) is 0 Å². The molecule has 0 heterocycles. The molecule has 0 saturated heterocycles. The van der Waals surface area contributed by atoms with Crippen molar-refractivity contribution in [2.75, 3.05) is 20.3 Å². The minimum absolute atomic E-state index is 0.264. The van der Waals surface area contributed by atoms with Crippen molar-refractivity contribution >= 4 is 5.97 Å². The van der Waals surface area contributed by atoms with Crippen molar-refractivity contribution in [2.24, 2.45) is 0 Å². The van der Waals surface area contributed by atoms with Gasteiger partial charge in [-0.05, 0) is 6.42 Å². The van der Waals surface area contributed by atoms with Gasteiger partial charge in [-0.25, -0.2) is 0 Å². The van der Waals surface area contributed by atoms with Gasteiger partial charge in [0.1, 0.15) is 6.61 Å². The number of esters is 1. The van der Waals surface area contributed by atoms with E-state index in [0.29, 0.717) is 19.6 Å². The number of ether oxygens (including phenoxy) is 2. The molecule has 3 nitrogen and oxygen atoms in total. The molecule has 0 aromatic rings. The third-order valence-electron chi connectivity index (χ3n) is 0.903. The Morgan fingerprint density at radius 3 is 2.70 bits per heavy atom. The minimum Gasteiger partial charge on any atom is -0.463 e. The molecule has 0 aliphatic rings. The van der Waals surface area contributed by atoms with Gasteiger partial charge in [-0.1, -0.05) is 6.92 Å². The predicted octanol–water partition coefficient (Wildman–Crippen LogP) is 0.790. The third-order valence-corrected chi connectivity index (χ3v) is 0.903. The zero-order chi connectivity index (χ0) is 7.82. The molecule has 0 aromatic carbocycles. The van der Waals surface area contributed by atoms with Crippen molar-refractivity contribution < 1.29 is 14.3 Å². The summed E-state index contributed by atoms with van der Waals surface area (Å²) in [6.07, 6.45) is 2.21. The first-order valence-electron chi connectivity index (χ1n) is 3.30. The SMILES string of the molecule is CC[CH]C(=O)OCCOC. The number of hydrogen-bond donors (Lipinski definition) is 0. The second-order valence-corrected chi connectivity index (χ2v) is 1.77. The number of carbonyl (C=O) groups excluding carboxylic acids is 1. The molecule has 0 saturated carbocycles. The van der Waals surface area contributed by atoms with Gasteiger partial charge in [0.05, 0.1) is 13.0 Å². The largest absolute Gasteiger partial charge is 0.463 e. The lowest BCUT2D eigenvalue weighted by atomic mass is 10.3. The number of rotatable bonds is 5. The normalized spacial score (nSPS) is 9.40. The Morgan fingerprint density at radius 1 is 1.50 bits per heavy atom. The molecule has 10 heavy (non-hydrogen) atoms. The maximum absolute atomic E-state index is 10.6. The first-order chi connectivity index (χ1) is 4.81. The number of methoxy groups -OCH3 is 1. The van der Waals surface area contributed by atoms with Crippen LogP contribution >= 0.6 is 0 Å². The molecular weight excluding hydrogens is 132 g/mol. The Hall–Kier alpha value is -0.570. The fourth-order valence-electron chi connectivity index (χ4n) is 0.451. The Morgan fingerprint density at radius 2 is 2.20 bits per heavy atom. The smallest absolute Gasteiger partial charge is 0.309 e.